The van der Waals surface area contributed by atoms with Gasteiger partial charge < -0.3 is 25.3 Å². The number of rotatable bonds is 4. The highest BCUT2D eigenvalue weighted by Gasteiger charge is 2.38. The first-order chi connectivity index (χ1) is 13.0. The highest BCUT2D eigenvalue weighted by atomic mass is 19.4. The number of ether oxygens (including phenoxy) is 2. The highest BCUT2D eigenvalue weighted by molar-refractivity contribution is 5.95. The number of aliphatic carboxylic acids is 1. The number of hydrogen-bond donors (Lipinski definition) is 3. The molecular formula is C17H17F3N2O6. The molecule has 0 unspecified atom stereocenters. The number of benzene rings is 1. The monoisotopic (exact) mass is 402 g/mol. The highest BCUT2D eigenvalue weighted by Crippen LogP contribution is 2.31. The number of carboxylic acid groups (broad SMARTS) is 1. The fraction of sp³-hybridized carbons (Fsp3) is 0.235. The summed E-state index contributed by atoms with van der Waals surface area (Å²) in [5.41, 5.74) is 6.93. The number of methoxy groups -OCH3 is 1. The molecule has 0 amide bonds. The Morgan fingerprint density at radius 3 is 2.18 bits per heavy atom. The maximum Gasteiger partial charge on any atom is 0.490 e. The van der Waals surface area contributed by atoms with Gasteiger partial charge in [-0.15, -0.1) is 0 Å². The fourth-order valence-electron chi connectivity index (χ4n) is 1.99. The summed E-state index contributed by atoms with van der Waals surface area (Å²) in [6, 6.07) is 7.01. The van der Waals surface area contributed by atoms with E-state index in [0.717, 1.165) is 5.56 Å². The van der Waals surface area contributed by atoms with Crippen molar-refractivity contribution in [2.24, 2.45) is 0 Å². The number of H-pyrrole nitrogens is 1. The smallest absolute Gasteiger partial charge is 0.490 e. The zero-order valence-corrected chi connectivity index (χ0v) is 14.8. The summed E-state index contributed by atoms with van der Waals surface area (Å²) >= 11 is 0. The van der Waals surface area contributed by atoms with E-state index in [4.69, 9.17) is 25.1 Å². The van der Waals surface area contributed by atoms with Crippen LogP contribution >= 0.6 is 0 Å². The number of carbonyl (C=O) groups excluding carboxylic acids is 1. The number of halogens is 3. The van der Waals surface area contributed by atoms with Crippen LogP contribution in [-0.2, 0) is 9.53 Å². The molecule has 1 heterocycles. The van der Waals surface area contributed by atoms with Crippen LogP contribution in [-0.4, -0.2) is 41.9 Å². The Morgan fingerprint density at radius 1 is 1.21 bits per heavy atom. The summed E-state index contributed by atoms with van der Waals surface area (Å²) in [6.07, 6.45) is -3.59. The lowest BCUT2D eigenvalue weighted by molar-refractivity contribution is -0.192. The van der Waals surface area contributed by atoms with Crippen molar-refractivity contribution in [1.82, 2.24) is 4.98 Å². The topological polar surface area (TPSA) is 132 Å². The largest absolute Gasteiger partial charge is 0.495 e. The van der Waals surface area contributed by atoms with Gasteiger partial charge in [0.1, 0.15) is 5.75 Å². The average molecular weight is 402 g/mol. The van der Waals surface area contributed by atoms with E-state index >= 15 is 0 Å². The molecule has 1 aromatic heterocycles. The van der Waals surface area contributed by atoms with E-state index in [0.29, 0.717) is 11.3 Å². The van der Waals surface area contributed by atoms with Gasteiger partial charge in [-0.3, -0.25) is 4.79 Å². The number of aromatic amines is 1. The molecule has 28 heavy (non-hydrogen) atoms. The first kappa shape index (κ1) is 22.5. The summed E-state index contributed by atoms with van der Waals surface area (Å²) in [5, 5.41) is 7.12. The van der Waals surface area contributed by atoms with Crippen molar-refractivity contribution in [2.45, 2.75) is 13.1 Å². The van der Waals surface area contributed by atoms with Gasteiger partial charge in [-0.2, -0.15) is 13.2 Å². The van der Waals surface area contributed by atoms with E-state index in [1.165, 1.54) is 13.3 Å². The lowest BCUT2D eigenvalue weighted by Gasteiger charge is -2.12. The van der Waals surface area contributed by atoms with Gasteiger partial charge in [0.2, 0.25) is 0 Å². The van der Waals surface area contributed by atoms with Crippen LogP contribution in [0.4, 0.5) is 18.9 Å². The lowest BCUT2D eigenvalue weighted by atomic mass is 10.0. The average Bonchev–Trinajstić information content (AvgIpc) is 2.62. The van der Waals surface area contributed by atoms with Gasteiger partial charge in [0.05, 0.1) is 13.7 Å². The standard InChI is InChI=1S/C15H16N2O4.C2HF3O2/c1-3-21-15(19)12-13(20-2)11(8-17-14(12)18)9-4-6-10(16)7-5-9;3-2(4,5)1(6)7/h4-8H,3,16H2,1-2H3,(H,17,18);(H,6,7). The molecule has 0 spiro atoms. The van der Waals surface area contributed by atoms with Gasteiger partial charge in [-0.05, 0) is 24.6 Å². The van der Waals surface area contributed by atoms with Crippen molar-refractivity contribution >= 4 is 17.6 Å². The first-order valence-corrected chi connectivity index (χ1v) is 7.65. The Morgan fingerprint density at radius 2 is 1.75 bits per heavy atom. The lowest BCUT2D eigenvalue weighted by Crippen LogP contribution is -2.21. The van der Waals surface area contributed by atoms with E-state index in [9.17, 15) is 22.8 Å². The van der Waals surface area contributed by atoms with Crippen molar-refractivity contribution in [2.75, 3.05) is 19.5 Å². The Hall–Kier alpha value is -3.50. The first-order valence-electron chi connectivity index (χ1n) is 7.65. The molecule has 1 aromatic carbocycles. The second-order valence-corrected chi connectivity index (χ2v) is 5.09. The molecule has 0 aliphatic heterocycles. The minimum atomic E-state index is -5.08. The molecule has 2 rings (SSSR count). The maximum atomic E-state index is 11.9. The van der Waals surface area contributed by atoms with Crippen molar-refractivity contribution in [3.05, 3.63) is 46.4 Å². The van der Waals surface area contributed by atoms with E-state index in [1.807, 2.05) is 0 Å². The summed E-state index contributed by atoms with van der Waals surface area (Å²) in [5.74, 6) is -3.29. The van der Waals surface area contributed by atoms with E-state index in [-0.39, 0.29) is 17.9 Å². The fourth-order valence-corrected chi connectivity index (χ4v) is 1.99. The number of alkyl halides is 3. The van der Waals surface area contributed by atoms with Crippen LogP contribution in [0.5, 0.6) is 5.75 Å². The number of nitrogen functional groups attached to an aromatic ring is 1. The molecule has 2 aromatic rings. The van der Waals surface area contributed by atoms with Crippen LogP contribution in [0.15, 0.2) is 35.3 Å². The van der Waals surface area contributed by atoms with Crippen molar-refractivity contribution in [3.8, 4) is 16.9 Å². The molecule has 0 saturated heterocycles. The zero-order valence-electron chi connectivity index (χ0n) is 14.8. The van der Waals surface area contributed by atoms with Gasteiger partial charge in [0, 0.05) is 17.4 Å². The van der Waals surface area contributed by atoms with Gasteiger partial charge >= 0.3 is 18.1 Å². The second-order valence-electron chi connectivity index (χ2n) is 5.09. The van der Waals surface area contributed by atoms with Crippen LogP contribution in [0.3, 0.4) is 0 Å². The Kier molecular flexibility index (Phi) is 7.60. The minimum Gasteiger partial charge on any atom is -0.495 e. The number of aromatic nitrogens is 1. The van der Waals surface area contributed by atoms with Crippen molar-refractivity contribution < 1.29 is 37.3 Å². The number of nitrogens with two attached hydrogens (primary N) is 1. The molecule has 0 bridgehead atoms. The summed E-state index contributed by atoms with van der Waals surface area (Å²) in [4.78, 5) is 35.3. The number of carbonyl (C=O) groups is 2. The Balaban J connectivity index is 0.000000480. The summed E-state index contributed by atoms with van der Waals surface area (Å²) in [7, 11) is 1.40. The molecule has 0 atom stereocenters. The third-order valence-corrected chi connectivity index (χ3v) is 3.19. The molecule has 0 aliphatic rings. The van der Waals surface area contributed by atoms with Gasteiger partial charge in [0.25, 0.3) is 5.56 Å². The Bertz CT molecular complexity index is 891. The van der Waals surface area contributed by atoms with Crippen LogP contribution in [0, 0.1) is 0 Å². The van der Waals surface area contributed by atoms with E-state index in [2.05, 4.69) is 4.98 Å². The number of nitrogens with one attached hydrogen (secondary N) is 1. The molecule has 11 heteroatoms. The number of carboxylic acids is 1. The molecular weight excluding hydrogens is 385 g/mol. The molecule has 4 N–H and O–H groups in total. The third-order valence-electron chi connectivity index (χ3n) is 3.19. The normalized spacial score (nSPS) is 10.5. The number of pyridine rings is 1. The van der Waals surface area contributed by atoms with Crippen LogP contribution < -0.4 is 16.0 Å². The second kappa shape index (κ2) is 9.44. The van der Waals surface area contributed by atoms with Crippen molar-refractivity contribution in [1.29, 1.82) is 0 Å². The Labute approximate surface area is 156 Å². The molecule has 0 fully saturated rings. The molecule has 152 valence electrons. The minimum absolute atomic E-state index is 0.145. The third kappa shape index (κ3) is 5.76. The predicted molar refractivity (Wildman–Crippen MR) is 93.1 cm³/mol. The maximum absolute atomic E-state index is 11.9. The SMILES string of the molecule is CCOC(=O)c1c(OC)c(-c2ccc(N)cc2)c[nH]c1=O.O=C(O)C(F)(F)F. The predicted octanol–water partition coefficient (Wildman–Crippen LogP) is 2.44. The number of hydrogen-bond acceptors (Lipinski definition) is 6. The quantitative estimate of drug-likeness (QED) is 0.529. The number of esters is 1. The van der Waals surface area contributed by atoms with Gasteiger partial charge in [0.15, 0.2) is 5.56 Å². The molecule has 0 aliphatic carbocycles. The van der Waals surface area contributed by atoms with Crippen molar-refractivity contribution in [3.63, 3.8) is 0 Å². The molecule has 8 nitrogen and oxygen atoms in total. The van der Waals surface area contributed by atoms with Crippen LogP contribution in [0.25, 0.3) is 11.1 Å². The van der Waals surface area contributed by atoms with Crippen LogP contribution in [0.1, 0.15) is 17.3 Å². The summed E-state index contributed by atoms with van der Waals surface area (Å²) in [6.45, 7) is 1.84. The van der Waals surface area contributed by atoms with Gasteiger partial charge in [-0.1, -0.05) is 12.1 Å². The molecule has 0 radical (unpaired) electrons. The van der Waals surface area contributed by atoms with Gasteiger partial charge in [-0.25, -0.2) is 9.59 Å². The number of anilines is 1. The molecule has 0 saturated carbocycles. The van der Waals surface area contributed by atoms with E-state index < -0.39 is 23.7 Å². The zero-order chi connectivity index (χ0) is 21.5. The van der Waals surface area contributed by atoms with E-state index in [1.54, 1.807) is 31.2 Å². The van der Waals surface area contributed by atoms with Crippen LogP contribution in [0.2, 0.25) is 0 Å². The summed E-state index contributed by atoms with van der Waals surface area (Å²) < 4.78 is 41.9.